The Kier molecular flexibility index (Phi) is 4.53. The van der Waals surface area contributed by atoms with E-state index < -0.39 is 0 Å². The van der Waals surface area contributed by atoms with Crippen molar-refractivity contribution in [3.63, 3.8) is 0 Å². The second-order valence-electron chi connectivity index (χ2n) is 6.37. The van der Waals surface area contributed by atoms with E-state index in [1.165, 1.54) is 11.3 Å². The monoisotopic (exact) mass is 381 g/mol. The van der Waals surface area contributed by atoms with Gasteiger partial charge in [0.1, 0.15) is 11.4 Å². The van der Waals surface area contributed by atoms with Crippen LogP contribution < -0.4 is 10.1 Å². The van der Waals surface area contributed by atoms with E-state index in [4.69, 9.17) is 9.26 Å². The number of anilines is 1. The first kappa shape index (κ1) is 17.5. The Balaban J connectivity index is 1.52. The Morgan fingerprint density at radius 3 is 2.85 bits per heavy atom. The van der Waals surface area contributed by atoms with E-state index >= 15 is 0 Å². The van der Waals surface area contributed by atoms with E-state index in [1.54, 1.807) is 0 Å². The Labute approximate surface area is 160 Å². The third-order valence-corrected chi connectivity index (χ3v) is 5.34. The van der Waals surface area contributed by atoms with Gasteiger partial charge in [-0.15, -0.1) is 0 Å². The molecular formula is C20H19N3O3S. The van der Waals surface area contributed by atoms with E-state index in [0.717, 1.165) is 32.5 Å². The Bertz CT molecular complexity index is 1150. The molecule has 4 aromatic rings. The van der Waals surface area contributed by atoms with Crippen LogP contribution in [0.1, 0.15) is 23.7 Å². The maximum atomic E-state index is 12.5. The summed E-state index contributed by atoms with van der Waals surface area (Å²) in [6, 6.07) is 9.66. The number of carbonyl (C=O) groups excluding carboxylic acids is 1. The van der Waals surface area contributed by atoms with Crippen LogP contribution in [-0.4, -0.2) is 22.7 Å². The summed E-state index contributed by atoms with van der Waals surface area (Å²) in [4.78, 5) is 16.9. The summed E-state index contributed by atoms with van der Waals surface area (Å²) in [5.41, 5.74) is 4.44. The van der Waals surface area contributed by atoms with Gasteiger partial charge in [0.05, 0.1) is 23.2 Å². The van der Waals surface area contributed by atoms with Crippen LogP contribution in [-0.2, 0) is 11.2 Å². The maximum absolute atomic E-state index is 12.5. The van der Waals surface area contributed by atoms with Gasteiger partial charge in [-0.2, -0.15) is 0 Å². The first-order chi connectivity index (χ1) is 13.0. The quantitative estimate of drug-likeness (QED) is 0.545. The molecule has 6 nitrogen and oxygen atoms in total. The summed E-state index contributed by atoms with van der Waals surface area (Å²) >= 11 is 1.42. The van der Waals surface area contributed by atoms with Gasteiger partial charge >= 0.3 is 0 Å². The van der Waals surface area contributed by atoms with E-state index in [1.807, 2.05) is 51.1 Å². The number of benzene rings is 2. The molecule has 0 aliphatic rings. The van der Waals surface area contributed by atoms with E-state index in [2.05, 4.69) is 15.5 Å². The summed E-state index contributed by atoms with van der Waals surface area (Å²) in [6.07, 6.45) is 0.135. The van der Waals surface area contributed by atoms with Gasteiger partial charge in [0.2, 0.25) is 5.91 Å². The lowest BCUT2D eigenvalue weighted by Crippen LogP contribution is -2.14. The molecule has 0 saturated carbocycles. The first-order valence-corrected chi connectivity index (χ1v) is 9.54. The number of carbonyl (C=O) groups is 1. The van der Waals surface area contributed by atoms with Gasteiger partial charge in [-0.3, -0.25) is 4.79 Å². The number of rotatable bonds is 5. The molecule has 2 heterocycles. The summed E-state index contributed by atoms with van der Waals surface area (Å²) < 4.78 is 11.8. The van der Waals surface area contributed by atoms with Crippen molar-refractivity contribution in [1.82, 2.24) is 10.1 Å². The normalized spacial score (nSPS) is 11.2. The highest BCUT2D eigenvalue weighted by atomic mass is 32.1. The van der Waals surface area contributed by atoms with Crippen molar-refractivity contribution < 1.29 is 14.1 Å². The summed E-state index contributed by atoms with van der Waals surface area (Å²) in [7, 11) is 0. The van der Waals surface area contributed by atoms with Crippen LogP contribution in [0.15, 0.2) is 34.9 Å². The third kappa shape index (κ3) is 3.50. The number of amides is 1. The molecule has 0 spiro atoms. The molecule has 0 saturated heterocycles. The molecule has 27 heavy (non-hydrogen) atoms. The van der Waals surface area contributed by atoms with Crippen molar-refractivity contribution in [2.24, 2.45) is 0 Å². The highest BCUT2D eigenvalue weighted by molar-refractivity contribution is 7.22. The predicted octanol–water partition coefficient (Wildman–Crippen LogP) is 4.63. The lowest BCUT2D eigenvalue weighted by atomic mass is 10.1. The summed E-state index contributed by atoms with van der Waals surface area (Å²) in [6.45, 7) is 6.61. The highest BCUT2D eigenvalue weighted by Gasteiger charge is 2.15. The largest absolute Gasteiger partial charge is 0.494 e. The topological polar surface area (TPSA) is 77.2 Å². The smallest absolute Gasteiger partial charge is 0.232 e. The summed E-state index contributed by atoms with van der Waals surface area (Å²) in [5, 5.41) is 8.36. The van der Waals surface area contributed by atoms with Crippen LogP contribution in [0.2, 0.25) is 0 Å². The van der Waals surface area contributed by atoms with Gasteiger partial charge in [-0.25, -0.2) is 4.98 Å². The van der Waals surface area contributed by atoms with Crippen LogP contribution >= 0.6 is 11.3 Å². The molecule has 0 fully saturated rings. The first-order valence-electron chi connectivity index (χ1n) is 8.72. The van der Waals surface area contributed by atoms with Crippen molar-refractivity contribution in [2.45, 2.75) is 27.2 Å². The predicted molar refractivity (Wildman–Crippen MR) is 107 cm³/mol. The minimum atomic E-state index is -0.174. The fourth-order valence-electron chi connectivity index (χ4n) is 2.90. The van der Waals surface area contributed by atoms with E-state index in [9.17, 15) is 4.79 Å². The molecule has 7 heteroatoms. The van der Waals surface area contributed by atoms with Crippen LogP contribution in [0.3, 0.4) is 0 Å². The molecule has 0 bridgehead atoms. The number of aryl methyl sites for hydroxylation is 2. The molecule has 4 rings (SSSR count). The number of thiazole rings is 1. The zero-order valence-corrected chi connectivity index (χ0v) is 16.1. The molecule has 1 amide bonds. The van der Waals surface area contributed by atoms with E-state index in [-0.39, 0.29) is 12.3 Å². The van der Waals surface area contributed by atoms with Crippen molar-refractivity contribution >= 4 is 43.6 Å². The molecule has 0 radical (unpaired) electrons. The molecule has 2 aromatic heterocycles. The van der Waals surface area contributed by atoms with Crippen LogP contribution in [0.25, 0.3) is 21.2 Å². The van der Waals surface area contributed by atoms with Crippen LogP contribution in [0, 0.1) is 13.8 Å². The van der Waals surface area contributed by atoms with Crippen molar-refractivity contribution in [3.05, 3.63) is 47.2 Å². The van der Waals surface area contributed by atoms with Gasteiger partial charge in [0.15, 0.2) is 10.7 Å². The molecule has 138 valence electrons. The Morgan fingerprint density at radius 1 is 1.22 bits per heavy atom. The van der Waals surface area contributed by atoms with Crippen LogP contribution in [0.5, 0.6) is 5.75 Å². The molecular weight excluding hydrogens is 362 g/mol. The number of ether oxygens (including phenoxy) is 1. The average molecular weight is 381 g/mol. The molecule has 0 aliphatic carbocycles. The van der Waals surface area contributed by atoms with Crippen molar-refractivity contribution in [3.8, 4) is 5.75 Å². The number of fused-ring (bicyclic) bond motifs is 2. The molecule has 0 unspecified atom stereocenters. The number of nitrogens with one attached hydrogen (secondary N) is 1. The highest BCUT2D eigenvalue weighted by Crippen LogP contribution is 2.29. The fourth-order valence-corrected chi connectivity index (χ4v) is 3.81. The number of hydrogen-bond donors (Lipinski definition) is 1. The molecule has 1 N–H and O–H groups in total. The van der Waals surface area contributed by atoms with Gasteiger partial charge in [-0.05, 0) is 62.2 Å². The number of nitrogens with zero attached hydrogens (tertiary/aromatic N) is 2. The van der Waals surface area contributed by atoms with Crippen LogP contribution in [0.4, 0.5) is 5.13 Å². The lowest BCUT2D eigenvalue weighted by molar-refractivity contribution is -0.115. The molecule has 0 aliphatic heterocycles. The second-order valence-corrected chi connectivity index (χ2v) is 7.40. The van der Waals surface area contributed by atoms with Gasteiger partial charge in [-0.1, -0.05) is 16.5 Å². The standard InChI is InChI=1S/C20H19N3O3S/c1-4-25-13-5-6-15-18(9-13)27-20(21-15)22-19(24)10-16-14-7-11(2)12(3)8-17(14)26-23-16/h5-9H,4,10H2,1-3H3,(H,21,22,24). The number of aromatic nitrogens is 2. The minimum Gasteiger partial charge on any atom is -0.494 e. The van der Waals surface area contributed by atoms with E-state index in [0.29, 0.717) is 23.0 Å². The van der Waals surface area contributed by atoms with Crippen molar-refractivity contribution in [2.75, 3.05) is 11.9 Å². The zero-order valence-electron chi connectivity index (χ0n) is 15.3. The summed E-state index contributed by atoms with van der Waals surface area (Å²) in [5.74, 6) is 0.624. The average Bonchev–Trinajstić information content (AvgIpc) is 3.19. The Hall–Kier alpha value is -2.93. The molecule has 0 atom stereocenters. The van der Waals surface area contributed by atoms with Gasteiger partial charge < -0.3 is 14.6 Å². The fraction of sp³-hybridized carbons (Fsp3) is 0.250. The Morgan fingerprint density at radius 2 is 2.04 bits per heavy atom. The minimum absolute atomic E-state index is 0.135. The SMILES string of the molecule is CCOc1ccc2nc(NC(=O)Cc3noc4cc(C)c(C)cc34)sc2c1. The van der Waals surface area contributed by atoms with Gasteiger partial charge in [0, 0.05) is 5.39 Å². The molecule has 2 aromatic carbocycles. The number of hydrogen-bond acceptors (Lipinski definition) is 6. The zero-order chi connectivity index (χ0) is 19.0. The third-order valence-electron chi connectivity index (χ3n) is 4.41. The lowest BCUT2D eigenvalue weighted by Gasteiger charge is -2.01. The maximum Gasteiger partial charge on any atom is 0.232 e. The second kappa shape index (κ2) is 7.00. The van der Waals surface area contributed by atoms with Gasteiger partial charge in [0.25, 0.3) is 0 Å². The van der Waals surface area contributed by atoms with Crippen molar-refractivity contribution in [1.29, 1.82) is 0 Å².